The van der Waals surface area contributed by atoms with Crippen molar-refractivity contribution in [3.63, 3.8) is 0 Å². The highest BCUT2D eigenvalue weighted by Crippen LogP contribution is 2.39. The average Bonchev–Trinajstić information content (AvgIpc) is 3.01. The van der Waals surface area contributed by atoms with Crippen LogP contribution in [0.3, 0.4) is 0 Å². The lowest BCUT2D eigenvalue weighted by Crippen LogP contribution is -2.36. The summed E-state index contributed by atoms with van der Waals surface area (Å²) in [6.07, 6.45) is 2.89. The van der Waals surface area contributed by atoms with Crippen LogP contribution in [0, 0.1) is 10.1 Å². The third-order valence-electron chi connectivity index (χ3n) is 2.90. The van der Waals surface area contributed by atoms with Crippen LogP contribution in [-0.2, 0) is 14.6 Å². The van der Waals surface area contributed by atoms with Crippen LogP contribution < -0.4 is 10.2 Å². The number of carbonyl (C=O) groups excluding carboxylic acids is 1. The molecular weight excluding hydrogens is 318 g/mol. The lowest BCUT2D eigenvalue weighted by Gasteiger charge is -2.15. The van der Waals surface area contributed by atoms with Gasteiger partial charge in [0, 0.05) is 25.4 Å². The quantitative estimate of drug-likeness (QED) is 0.608. The van der Waals surface area contributed by atoms with E-state index in [4.69, 9.17) is 0 Å². The number of nitrogens with zero attached hydrogens (tertiary/aromatic N) is 2. The van der Waals surface area contributed by atoms with Crippen molar-refractivity contribution in [1.82, 2.24) is 5.32 Å². The molecule has 0 atom stereocenters. The van der Waals surface area contributed by atoms with E-state index in [1.54, 1.807) is 0 Å². The van der Waals surface area contributed by atoms with Crippen molar-refractivity contribution in [2.45, 2.75) is 23.1 Å². The van der Waals surface area contributed by atoms with Gasteiger partial charge in [0.2, 0.25) is 5.91 Å². The second kappa shape index (κ2) is 5.60. The Labute approximate surface area is 125 Å². The fraction of sp³-hybridized carbons (Fsp3) is 0.545. The minimum Gasteiger partial charge on any atom is -0.352 e. The Hall–Kier alpha value is -1.68. The van der Waals surface area contributed by atoms with Gasteiger partial charge in [0.05, 0.1) is 11.5 Å². The van der Waals surface area contributed by atoms with Gasteiger partial charge in [-0.2, -0.15) is 0 Å². The molecule has 116 valence electrons. The minimum absolute atomic E-state index is 0.0545. The van der Waals surface area contributed by atoms with Crippen LogP contribution in [0.1, 0.15) is 12.8 Å². The molecular formula is C11H15N3O5S2. The maximum Gasteiger partial charge on any atom is 0.305 e. The first-order valence-electron chi connectivity index (χ1n) is 6.17. The van der Waals surface area contributed by atoms with Crippen molar-refractivity contribution in [3.05, 3.63) is 16.2 Å². The first-order valence-corrected chi connectivity index (χ1v) is 8.88. The molecule has 0 bridgehead atoms. The first kappa shape index (κ1) is 15.7. The highest BCUT2D eigenvalue weighted by molar-refractivity contribution is 7.92. The van der Waals surface area contributed by atoms with E-state index in [1.165, 1.54) is 11.9 Å². The van der Waals surface area contributed by atoms with Gasteiger partial charge in [0.1, 0.15) is 4.21 Å². The molecule has 1 aliphatic rings. The molecule has 2 rings (SSSR count). The van der Waals surface area contributed by atoms with Crippen molar-refractivity contribution >= 4 is 37.8 Å². The Morgan fingerprint density at radius 1 is 1.57 bits per heavy atom. The average molecular weight is 333 g/mol. The standard InChI is InChI=1S/C11H15N3O5S2/c1-13(6-9(15)12-7-3-4-7)11-8(14(16)17)5-10(20-11)21(2,18)19/h5,7H,3-4,6H2,1-2H3,(H,12,15). The zero-order valence-electron chi connectivity index (χ0n) is 11.5. The summed E-state index contributed by atoms with van der Waals surface area (Å²) in [5.74, 6) is -0.233. The SMILES string of the molecule is CN(CC(=O)NC1CC1)c1sc(S(C)(=O)=O)cc1[N+](=O)[O-]. The smallest absolute Gasteiger partial charge is 0.305 e. The third-order valence-corrected chi connectivity index (χ3v) is 5.94. The molecule has 0 spiro atoms. The largest absolute Gasteiger partial charge is 0.352 e. The summed E-state index contributed by atoms with van der Waals surface area (Å²) in [6, 6.07) is 1.24. The van der Waals surface area contributed by atoms with Crippen LogP contribution in [0.5, 0.6) is 0 Å². The Balaban J connectivity index is 2.21. The maximum absolute atomic E-state index is 11.7. The normalized spacial score (nSPS) is 14.8. The van der Waals surface area contributed by atoms with Crippen LogP contribution in [-0.4, -0.2) is 45.1 Å². The number of amides is 1. The van der Waals surface area contributed by atoms with E-state index in [-0.39, 0.29) is 33.4 Å². The van der Waals surface area contributed by atoms with E-state index in [0.717, 1.165) is 36.5 Å². The molecule has 0 unspecified atom stereocenters. The van der Waals surface area contributed by atoms with Crippen molar-refractivity contribution in [2.24, 2.45) is 0 Å². The molecule has 1 aliphatic carbocycles. The highest BCUT2D eigenvalue weighted by atomic mass is 32.2. The molecule has 0 radical (unpaired) electrons. The van der Waals surface area contributed by atoms with Gasteiger partial charge in [-0.3, -0.25) is 14.9 Å². The highest BCUT2D eigenvalue weighted by Gasteiger charge is 2.28. The molecule has 0 aromatic carbocycles. The predicted octanol–water partition coefficient (Wildman–Crippen LogP) is 0.775. The van der Waals surface area contributed by atoms with E-state index < -0.39 is 14.8 Å². The zero-order valence-corrected chi connectivity index (χ0v) is 13.2. The van der Waals surface area contributed by atoms with Gasteiger partial charge in [-0.05, 0) is 12.8 Å². The number of hydrogen-bond acceptors (Lipinski definition) is 7. The third kappa shape index (κ3) is 3.91. The number of hydrogen-bond donors (Lipinski definition) is 1. The molecule has 8 nitrogen and oxygen atoms in total. The molecule has 21 heavy (non-hydrogen) atoms. The van der Waals surface area contributed by atoms with Crippen LogP contribution in [0.2, 0.25) is 0 Å². The lowest BCUT2D eigenvalue weighted by atomic mass is 10.4. The molecule has 0 aliphatic heterocycles. The van der Waals surface area contributed by atoms with E-state index in [1.807, 2.05) is 0 Å². The van der Waals surface area contributed by atoms with Crippen LogP contribution >= 0.6 is 11.3 Å². The number of sulfone groups is 1. The van der Waals surface area contributed by atoms with Gasteiger partial charge in [0.25, 0.3) is 0 Å². The number of thiophene rings is 1. The predicted molar refractivity (Wildman–Crippen MR) is 78.5 cm³/mol. The number of nitrogens with one attached hydrogen (secondary N) is 1. The van der Waals surface area contributed by atoms with Gasteiger partial charge in [0.15, 0.2) is 14.8 Å². The minimum atomic E-state index is -3.52. The number of anilines is 1. The van der Waals surface area contributed by atoms with E-state index >= 15 is 0 Å². The number of carbonyl (C=O) groups is 1. The second-order valence-electron chi connectivity index (χ2n) is 4.98. The number of rotatable bonds is 6. The van der Waals surface area contributed by atoms with E-state index in [0.29, 0.717) is 0 Å². The number of nitro groups is 1. The Morgan fingerprint density at radius 2 is 2.19 bits per heavy atom. The zero-order chi connectivity index (χ0) is 15.8. The van der Waals surface area contributed by atoms with Crippen LogP contribution in [0.25, 0.3) is 0 Å². The van der Waals surface area contributed by atoms with Crippen molar-refractivity contribution in [2.75, 3.05) is 24.7 Å². The molecule has 1 fully saturated rings. The molecule has 1 saturated carbocycles. The fourth-order valence-electron chi connectivity index (χ4n) is 1.73. The maximum atomic E-state index is 11.7. The molecule has 1 aromatic rings. The first-order chi connectivity index (χ1) is 9.68. The van der Waals surface area contributed by atoms with Crippen molar-refractivity contribution < 1.29 is 18.1 Å². The molecule has 10 heteroatoms. The van der Waals surface area contributed by atoms with Gasteiger partial charge >= 0.3 is 5.69 Å². The Morgan fingerprint density at radius 3 is 2.67 bits per heavy atom. The van der Waals surface area contributed by atoms with E-state index in [9.17, 15) is 23.3 Å². The summed E-state index contributed by atoms with van der Waals surface area (Å²) >= 11 is 0.796. The molecule has 1 amide bonds. The van der Waals surface area contributed by atoms with Gasteiger partial charge in [-0.1, -0.05) is 11.3 Å². The lowest BCUT2D eigenvalue weighted by molar-refractivity contribution is -0.383. The van der Waals surface area contributed by atoms with Gasteiger partial charge in [-0.25, -0.2) is 8.42 Å². The topological polar surface area (TPSA) is 110 Å². The molecule has 0 saturated heterocycles. The molecule has 1 N–H and O–H groups in total. The summed E-state index contributed by atoms with van der Waals surface area (Å²) in [5, 5.41) is 14.0. The summed E-state index contributed by atoms with van der Waals surface area (Å²) < 4.78 is 22.9. The summed E-state index contributed by atoms with van der Waals surface area (Å²) in [4.78, 5) is 23.5. The monoisotopic (exact) mass is 333 g/mol. The summed E-state index contributed by atoms with van der Waals surface area (Å²) in [5.41, 5.74) is -0.304. The van der Waals surface area contributed by atoms with Gasteiger partial charge < -0.3 is 10.2 Å². The second-order valence-corrected chi connectivity index (χ2v) is 8.26. The van der Waals surface area contributed by atoms with Crippen molar-refractivity contribution in [1.29, 1.82) is 0 Å². The van der Waals surface area contributed by atoms with E-state index in [2.05, 4.69) is 5.32 Å². The van der Waals surface area contributed by atoms with Gasteiger partial charge in [-0.15, -0.1) is 0 Å². The molecule has 1 aromatic heterocycles. The number of likely N-dealkylation sites (N-methyl/N-ethyl adjacent to an activating group) is 1. The van der Waals surface area contributed by atoms with Crippen LogP contribution in [0.4, 0.5) is 10.7 Å². The van der Waals surface area contributed by atoms with Crippen molar-refractivity contribution in [3.8, 4) is 0 Å². The fourth-order valence-corrected chi connectivity index (χ4v) is 3.71. The summed E-state index contributed by atoms with van der Waals surface area (Å²) in [6.45, 7) is -0.0545. The summed E-state index contributed by atoms with van der Waals surface area (Å²) in [7, 11) is -2.00. The Kier molecular flexibility index (Phi) is 4.19. The Bertz CT molecular complexity index is 678. The molecule has 1 heterocycles. The van der Waals surface area contributed by atoms with Crippen LogP contribution in [0.15, 0.2) is 10.3 Å².